The molecule has 4 rings (SSSR count). The lowest BCUT2D eigenvalue weighted by molar-refractivity contribution is -0.213. The number of fused-ring (bicyclic) bond motifs is 1. The first-order chi connectivity index (χ1) is 22.6. The van der Waals surface area contributed by atoms with Gasteiger partial charge >= 0.3 is 12.1 Å². The highest BCUT2D eigenvalue weighted by atomic mass is 19.4. The fourth-order valence-corrected chi connectivity index (χ4v) is 4.82. The largest absolute Gasteiger partial charge is 0.491 e. The normalized spacial score (nSPS) is 12.6. The monoisotopic (exact) mass is 668 g/mol. The number of nitrogen functional groups attached to an aromatic ring is 2. The van der Waals surface area contributed by atoms with Gasteiger partial charge in [-0.15, -0.1) is 0 Å². The van der Waals surface area contributed by atoms with E-state index in [1.54, 1.807) is 32.9 Å². The number of benzene rings is 3. The summed E-state index contributed by atoms with van der Waals surface area (Å²) in [5, 5.41) is 8.95. The summed E-state index contributed by atoms with van der Waals surface area (Å²) >= 11 is 0. The lowest BCUT2D eigenvalue weighted by Gasteiger charge is -2.35. The van der Waals surface area contributed by atoms with Gasteiger partial charge in [0.1, 0.15) is 5.82 Å². The SMILES string of the molecule is CCOc1cc(C(Nc2ccc3c(N)nccc3c2)(OC(=O)C(F)(F)F)C(=O)NCc2cc(N)cc(NC(C)=O)c2)ccc1OC(C)C. The minimum Gasteiger partial charge on any atom is -0.490 e. The van der Waals surface area contributed by atoms with Crippen molar-refractivity contribution in [2.75, 3.05) is 28.7 Å². The van der Waals surface area contributed by atoms with Crippen LogP contribution >= 0.6 is 0 Å². The number of ether oxygens (including phenoxy) is 3. The van der Waals surface area contributed by atoms with E-state index < -0.39 is 23.8 Å². The third kappa shape index (κ3) is 8.34. The molecule has 0 radical (unpaired) electrons. The smallest absolute Gasteiger partial charge is 0.490 e. The third-order valence-electron chi connectivity index (χ3n) is 6.71. The summed E-state index contributed by atoms with van der Waals surface area (Å²) in [5.74, 6) is -3.67. The number of esters is 1. The van der Waals surface area contributed by atoms with Crippen molar-refractivity contribution in [1.82, 2.24) is 10.3 Å². The highest BCUT2D eigenvalue weighted by Gasteiger charge is 2.52. The average molecular weight is 669 g/mol. The van der Waals surface area contributed by atoms with Crippen molar-refractivity contribution in [3.8, 4) is 11.5 Å². The van der Waals surface area contributed by atoms with Crippen molar-refractivity contribution >= 4 is 51.4 Å². The highest BCUT2D eigenvalue weighted by Crippen LogP contribution is 2.38. The fraction of sp³-hybridized carbons (Fsp3) is 0.273. The second kappa shape index (κ2) is 14.4. The van der Waals surface area contributed by atoms with Gasteiger partial charge in [-0.3, -0.25) is 9.59 Å². The van der Waals surface area contributed by atoms with Crippen LogP contribution in [0.4, 0.5) is 36.1 Å². The van der Waals surface area contributed by atoms with Crippen LogP contribution < -0.4 is 36.9 Å². The van der Waals surface area contributed by atoms with Crippen LogP contribution in [0.5, 0.6) is 11.5 Å². The molecular weight excluding hydrogens is 633 g/mol. The van der Waals surface area contributed by atoms with E-state index in [1.165, 1.54) is 61.7 Å². The molecule has 0 saturated heterocycles. The van der Waals surface area contributed by atoms with E-state index in [9.17, 15) is 27.6 Å². The quantitative estimate of drug-likeness (QED) is 0.0762. The van der Waals surface area contributed by atoms with Crippen molar-refractivity contribution in [3.63, 3.8) is 0 Å². The third-order valence-corrected chi connectivity index (χ3v) is 6.71. The number of anilines is 4. The van der Waals surface area contributed by atoms with Crippen LogP contribution in [-0.2, 0) is 31.4 Å². The van der Waals surface area contributed by atoms with Crippen LogP contribution in [0, 0.1) is 0 Å². The highest BCUT2D eigenvalue weighted by molar-refractivity contribution is 5.96. The molecule has 0 bridgehead atoms. The van der Waals surface area contributed by atoms with E-state index in [1.807, 2.05) is 0 Å². The molecule has 0 aliphatic rings. The van der Waals surface area contributed by atoms with Crippen molar-refractivity contribution in [2.45, 2.75) is 52.2 Å². The molecule has 0 aliphatic carbocycles. The molecule has 4 aromatic rings. The standard InChI is InChI=1S/C33H35F3N6O6/c1-5-46-28-15-22(6-9-27(28)47-18(2)3)32(48-31(45)33(34,35)36,42-24-7-8-26-21(14-24)10-11-39-29(26)38)30(44)40-17-20-12-23(37)16-25(13-20)41-19(4)43/h6-16,18,42H,5,17,37H2,1-4H3,(H2,38,39)(H,40,44)(H,41,43). The van der Waals surface area contributed by atoms with Crippen molar-refractivity contribution < 1.29 is 41.8 Å². The van der Waals surface area contributed by atoms with Gasteiger partial charge < -0.3 is 41.6 Å². The topological polar surface area (TPSA) is 180 Å². The molecule has 1 heterocycles. The number of nitrogens with zero attached hydrogens (tertiary/aromatic N) is 1. The number of aromatic nitrogens is 1. The Balaban J connectivity index is 1.89. The Morgan fingerprint density at radius 3 is 2.35 bits per heavy atom. The molecule has 7 N–H and O–H groups in total. The first-order valence-corrected chi connectivity index (χ1v) is 14.7. The number of hydrogen-bond acceptors (Lipinski definition) is 10. The Bertz CT molecular complexity index is 1830. The predicted molar refractivity (Wildman–Crippen MR) is 174 cm³/mol. The molecule has 15 heteroatoms. The average Bonchev–Trinajstić information content (AvgIpc) is 2.99. The summed E-state index contributed by atoms with van der Waals surface area (Å²) in [4.78, 5) is 42.5. The summed E-state index contributed by atoms with van der Waals surface area (Å²) in [5.41, 5.74) is 9.94. The predicted octanol–water partition coefficient (Wildman–Crippen LogP) is 5.23. The maximum absolute atomic E-state index is 14.3. The Morgan fingerprint density at radius 2 is 1.69 bits per heavy atom. The van der Waals surface area contributed by atoms with Crippen molar-refractivity contribution in [2.24, 2.45) is 0 Å². The number of hydrogen-bond donors (Lipinski definition) is 5. The lowest BCUT2D eigenvalue weighted by atomic mass is 9.99. The van der Waals surface area contributed by atoms with Crippen LogP contribution in [0.1, 0.15) is 38.8 Å². The van der Waals surface area contributed by atoms with Gasteiger partial charge in [0.05, 0.1) is 12.7 Å². The number of alkyl halides is 3. The van der Waals surface area contributed by atoms with Crippen LogP contribution in [0.2, 0.25) is 0 Å². The molecule has 1 aromatic heterocycles. The van der Waals surface area contributed by atoms with E-state index >= 15 is 0 Å². The number of rotatable bonds is 12. The number of halogens is 3. The van der Waals surface area contributed by atoms with Gasteiger partial charge in [0.15, 0.2) is 11.5 Å². The summed E-state index contributed by atoms with van der Waals surface area (Å²) in [6, 6.07) is 14.6. The summed E-state index contributed by atoms with van der Waals surface area (Å²) in [7, 11) is 0. The van der Waals surface area contributed by atoms with E-state index in [-0.39, 0.29) is 59.4 Å². The summed E-state index contributed by atoms with van der Waals surface area (Å²) < 4.78 is 58.2. The molecule has 0 saturated carbocycles. The zero-order valence-corrected chi connectivity index (χ0v) is 26.5. The van der Waals surface area contributed by atoms with Crippen molar-refractivity contribution in [3.05, 3.63) is 78.0 Å². The first-order valence-electron chi connectivity index (χ1n) is 14.7. The maximum Gasteiger partial charge on any atom is 0.491 e. The number of carbonyl (C=O) groups is 3. The number of nitrogens with two attached hydrogens (primary N) is 2. The second-order valence-corrected chi connectivity index (χ2v) is 10.9. The van der Waals surface area contributed by atoms with Crippen LogP contribution in [0.15, 0.2) is 66.9 Å². The number of nitrogens with one attached hydrogen (secondary N) is 3. The Morgan fingerprint density at radius 1 is 0.938 bits per heavy atom. The zero-order valence-electron chi connectivity index (χ0n) is 26.5. The molecule has 0 fully saturated rings. The van der Waals surface area contributed by atoms with E-state index in [0.717, 1.165) is 0 Å². The number of carbonyl (C=O) groups excluding carboxylic acids is 3. The molecule has 3 aromatic carbocycles. The molecule has 254 valence electrons. The molecule has 48 heavy (non-hydrogen) atoms. The van der Waals surface area contributed by atoms with E-state index in [0.29, 0.717) is 22.0 Å². The Hall–Kier alpha value is -5.73. The minimum atomic E-state index is -5.48. The van der Waals surface area contributed by atoms with Gasteiger partial charge in [0, 0.05) is 47.7 Å². The summed E-state index contributed by atoms with van der Waals surface area (Å²) in [6.07, 6.45) is -4.35. The van der Waals surface area contributed by atoms with Crippen molar-refractivity contribution in [1.29, 1.82) is 0 Å². The Kier molecular flexibility index (Phi) is 10.5. The summed E-state index contributed by atoms with van der Waals surface area (Å²) in [6.45, 7) is 6.36. The lowest BCUT2D eigenvalue weighted by Crippen LogP contribution is -2.54. The molecule has 0 spiro atoms. The van der Waals surface area contributed by atoms with Gasteiger partial charge in [-0.25, -0.2) is 9.78 Å². The van der Waals surface area contributed by atoms with E-state index in [4.69, 9.17) is 25.7 Å². The fourth-order valence-electron chi connectivity index (χ4n) is 4.82. The van der Waals surface area contributed by atoms with Gasteiger partial charge in [0.2, 0.25) is 5.91 Å². The van der Waals surface area contributed by atoms with Gasteiger partial charge in [-0.2, -0.15) is 13.2 Å². The van der Waals surface area contributed by atoms with Gasteiger partial charge in [-0.1, -0.05) is 0 Å². The molecule has 0 aliphatic heterocycles. The molecule has 1 unspecified atom stereocenters. The van der Waals surface area contributed by atoms with Gasteiger partial charge in [0.25, 0.3) is 11.6 Å². The molecule has 1 atom stereocenters. The van der Waals surface area contributed by atoms with E-state index in [2.05, 4.69) is 20.9 Å². The first kappa shape index (κ1) is 35.1. The number of amides is 2. The van der Waals surface area contributed by atoms with Crippen LogP contribution in [0.25, 0.3) is 10.8 Å². The second-order valence-electron chi connectivity index (χ2n) is 10.9. The minimum absolute atomic E-state index is 0.0823. The molecule has 2 amide bonds. The van der Waals surface area contributed by atoms with Crippen LogP contribution in [0.3, 0.4) is 0 Å². The molecular formula is C33H35F3N6O6. The number of pyridine rings is 1. The van der Waals surface area contributed by atoms with Gasteiger partial charge in [-0.05, 0) is 92.4 Å². The Labute approximate surface area is 273 Å². The zero-order chi connectivity index (χ0) is 35.2. The molecule has 12 nitrogen and oxygen atoms in total. The maximum atomic E-state index is 14.3. The van der Waals surface area contributed by atoms with Crippen LogP contribution in [-0.4, -0.2) is 41.7 Å².